The first kappa shape index (κ1) is 17.7. The summed E-state index contributed by atoms with van der Waals surface area (Å²) in [5.74, 6) is 2.98. The highest BCUT2D eigenvalue weighted by molar-refractivity contribution is 8.20. The van der Waals surface area contributed by atoms with E-state index in [-0.39, 0.29) is 24.1 Å². The lowest BCUT2D eigenvalue weighted by molar-refractivity contribution is -0.0393. The summed E-state index contributed by atoms with van der Waals surface area (Å²) in [5.41, 5.74) is -0.200. The molecule has 2 heterocycles. The Kier molecular flexibility index (Phi) is 6.40. The van der Waals surface area contributed by atoms with Crippen molar-refractivity contribution in [3.63, 3.8) is 0 Å². The number of hydrogen-bond donors (Lipinski definition) is 3. The van der Waals surface area contributed by atoms with Gasteiger partial charge in [-0.3, -0.25) is 0 Å². The quantitative estimate of drug-likeness (QED) is 0.648. The molecule has 3 aliphatic rings. The van der Waals surface area contributed by atoms with Gasteiger partial charge in [0.25, 0.3) is 0 Å². The minimum Gasteiger partial charge on any atom is -0.396 e. The average molecular weight is 361 g/mol. The van der Waals surface area contributed by atoms with Crippen molar-refractivity contribution in [3.8, 4) is 0 Å². The SMILES string of the molecule is O=C(NCCC1SCCS1)NC(C1CC1)C1(CO)CCOCC1. The van der Waals surface area contributed by atoms with Crippen LogP contribution in [-0.2, 0) is 4.74 Å². The molecule has 2 saturated heterocycles. The van der Waals surface area contributed by atoms with E-state index in [1.165, 1.54) is 11.5 Å². The largest absolute Gasteiger partial charge is 0.396 e. The molecule has 132 valence electrons. The number of aliphatic hydroxyl groups excluding tert-OH is 1. The van der Waals surface area contributed by atoms with E-state index in [4.69, 9.17) is 4.74 Å². The van der Waals surface area contributed by atoms with Gasteiger partial charge in [-0.2, -0.15) is 0 Å². The summed E-state index contributed by atoms with van der Waals surface area (Å²) >= 11 is 3.99. The van der Waals surface area contributed by atoms with E-state index >= 15 is 0 Å². The van der Waals surface area contributed by atoms with Crippen molar-refractivity contribution in [2.24, 2.45) is 11.3 Å². The van der Waals surface area contributed by atoms with Crippen molar-refractivity contribution in [2.45, 2.75) is 42.7 Å². The van der Waals surface area contributed by atoms with Gasteiger partial charge in [0.15, 0.2) is 0 Å². The van der Waals surface area contributed by atoms with Crippen molar-refractivity contribution in [2.75, 3.05) is 37.9 Å². The summed E-state index contributed by atoms with van der Waals surface area (Å²) in [6, 6.07) is 0.000782. The van der Waals surface area contributed by atoms with Crippen molar-refractivity contribution in [1.29, 1.82) is 0 Å². The smallest absolute Gasteiger partial charge is 0.315 e. The normalized spacial score (nSPS) is 26.0. The third kappa shape index (κ3) is 4.71. The van der Waals surface area contributed by atoms with Crippen LogP contribution in [0, 0.1) is 11.3 Å². The fraction of sp³-hybridized carbons (Fsp3) is 0.938. The van der Waals surface area contributed by atoms with Crippen LogP contribution in [0.5, 0.6) is 0 Å². The minimum absolute atomic E-state index is 0.0748. The fourth-order valence-corrected chi connectivity index (χ4v) is 6.44. The molecule has 5 nitrogen and oxygen atoms in total. The first-order valence-corrected chi connectivity index (χ1v) is 10.8. The van der Waals surface area contributed by atoms with E-state index in [0.29, 0.717) is 23.7 Å². The summed E-state index contributed by atoms with van der Waals surface area (Å²) in [7, 11) is 0. The number of thioether (sulfide) groups is 2. The van der Waals surface area contributed by atoms with Crippen molar-refractivity contribution in [3.05, 3.63) is 0 Å². The van der Waals surface area contributed by atoms with Crippen LogP contribution in [0.1, 0.15) is 32.1 Å². The van der Waals surface area contributed by atoms with Crippen LogP contribution < -0.4 is 10.6 Å². The van der Waals surface area contributed by atoms with Crippen LogP contribution in [0.15, 0.2) is 0 Å². The monoisotopic (exact) mass is 360 g/mol. The highest BCUT2D eigenvalue weighted by Crippen LogP contribution is 2.45. The van der Waals surface area contributed by atoms with Gasteiger partial charge >= 0.3 is 6.03 Å². The van der Waals surface area contributed by atoms with E-state index in [9.17, 15) is 9.90 Å². The Morgan fingerprint density at radius 3 is 2.57 bits per heavy atom. The molecule has 0 spiro atoms. The molecule has 7 heteroatoms. The first-order chi connectivity index (χ1) is 11.2. The molecule has 23 heavy (non-hydrogen) atoms. The topological polar surface area (TPSA) is 70.6 Å². The fourth-order valence-electron chi connectivity index (χ4n) is 3.62. The number of aliphatic hydroxyl groups is 1. The molecule has 0 aromatic heterocycles. The van der Waals surface area contributed by atoms with Gasteiger partial charge in [0.05, 0.1) is 11.2 Å². The number of ether oxygens (including phenoxy) is 1. The predicted molar refractivity (Wildman–Crippen MR) is 95.9 cm³/mol. The summed E-state index contributed by atoms with van der Waals surface area (Å²) in [6.07, 6.45) is 5.00. The van der Waals surface area contributed by atoms with Gasteiger partial charge < -0.3 is 20.5 Å². The number of rotatable bonds is 7. The van der Waals surface area contributed by atoms with Crippen molar-refractivity contribution in [1.82, 2.24) is 10.6 Å². The van der Waals surface area contributed by atoms with Crippen LogP contribution in [-0.4, -0.2) is 59.6 Å². The lowest BCUT2D eigenvalue weighted by atomic mass is 9.72. The van der Waals surface area contributed by atoms with Gasteiger partial charge in [-0.15, -0.1) is 23.5 Å². The van der Waals surface area contributed by atoms with Gasteiger partial charge in [0, 0.05) is 42.7 Å². The number of urea groups is 1. The van der Waals surface area contributed by atoms with E-state index in [1.54, 1.807) is 0 Å². The molecule has 1 unspecified atom stereocenters. The first-order valence-electron chi connectivity index (χ1n) is 8.70. The van der Waals surface area contributed by atoms with Crippen molar-refractivity contribution >= 4 is 29.6 Å². The minimum atomic E-state index is -0.200. The molecule has 3 fully saturated rings. The molecule has 1 aliphatic carbocycles. The van der Waals surface area contributed by atoms with Crippen molar-refractivity contribution < 1.29 is 14.6 Å². The molecule has 2 aliphatic heterocycles. The molecular formula is C16H28N2O3S2. The number of carbonyl (C=O) groups excluding carboxylic acids is 1. The molecule has 2 amide bonds. The van der Waals surface area contributed by atoms with E-state index < -0.39 is 0 Å². The summed E-state index contributed by atoms with van der Waals surface area (Å²) in [6.45, 7) is 2.22. The Morgan fingerprint density at radius 2 is 1.96 bits per heavy atom. The Bertz CT molecular complexity index is 395. The zero-order chi connectivity index (χ0) is 16.1. The Morgan fingerprint density at radius 1 is 1.26 bits per heavy atom. The lowest BCUT2D eigenvalue weighted by Crippen LogP contribution is -2.55. The van der Waals surface area contributed by atoms with Crippen LogP contribution in [0.25, 0.3) is 0 Å². The van der Waals surface area contributed by atoms with Gasteiger partial charge in [-0.05, 0) is 38.0 Å². The number of hydrogen-bond acceptors (Lipinski definition) is 5. The highest BCUT2D eigenvalue weighted by atomic mass is 32.2. The number of nitrogens with one attached hydrogen (secondary N) is 2. The third-order valence-corrected chi connectivity index (χ3v) is 8.37. The van der Waals surface area contributed by atoms with E-state index in [1.807, 2.05) is 23.5 Å². The second-order valence-corrected chi connectivity index (χ2v) is 9.73. The second-order valence-electron chi connectivity index (χ2n) is 6.81. The molecule has 3 N–H and O–H groups in total. The molecular weight excluding hydrogens is 332 g/mol. The van der Waals surface area contributed by atoms with Crippen LogP contribution in [0.4, 0.5) is 4.79 Å². The van der Waals surface area contributed by atoms with E-state index in [2.05, 4.69) is 10.6 Å². The number of amides is 2. The van der Waals surface area contributed by atoms with Gasteiger partial charge in [-0.25, -0.2) is 4.79 Å². The molecule has 0 aromatic rings. The Hall–Kier alpha value is -0.110. The maximum absolute atomic E-state index is 12.3. The maximum Gasteiger partial charge on any atom is 0.315 e. The number of carbonyl (C=O) groups is 1. The Labute approximate surface area is 147 Å². The highest BCUT2D eigenvalue weighted by Gasteiger charge is 2.47. The van der Waals surface area contributed by atoms with Gasteiger partial charge in [0.1, 0.15) is 0 Å². The zero-order valence-electron chi connectivity index (χ0n) is 13.6. The summed E-state index contributed by atoms with van der Waals surface area (Å²) in [4.78, 5) is 12.3. The lowest BCUT2D eigenvalue weighted by Gasteiger charge is -2.42. The third-order valence-electron chi connectivity index (χ3n) is 5.20. The second kappa shape index (κ2) is 8.32. The average Bonchev–Trinajstić information content (AvgIpc) is 3.29. The summed E-state index contributed by atoms with van der Waals surface area (Å²) in [5, 5.41) is 16.2. The van der Waals surface area contributed by atoms with Crippen LogP contribution in [0.3, 0.4) is 0 Å². The molecule has 3 rings (SSSR count). The van der Waals surface area contributed by atoms with Gasteiger partial charge in [0.2, 0.25) is 0 Å². The molecule has 1 atom stereocenters. The van der Waals surface area contributed by atoms with Crippen LogP contribution >= 0.6 is 23.5 Å². The zero-order valence-corrected chi connectivity index (χ0v) is 15.2. The van der Waals surface area contributed by atoms with Gasteiger partial charge in [-0.1, -0.05) is 0 Å². The molecule has 1 saturated carbocycles. The summed E-state index contributed by atoms with van der Waals surface area (Å²) < 4.78 is 6.09. The molecule has 0 aromatic carbocycles. The van der Waals surface area contributed by atoms with E-state index in [0.717, 1.165) is 38.6 Å². The predicted octanol–water partition coefficient (Wildman–Crippen LogP) is 2.05. The standard InChI is InChI=1S/C16H28N2O3S2/c19-11-16(4-7-21-8-5-16)14(12-1-2-12)18-15(20)17-6-3-13-22-9-10-23-13/h12-14,19H,1-11H2,(H2,17,18,20). The Balaban J connectivity index is 1.49. The maximum atomic E-state index is 12.3. The molecule has 0 radical (unpaired) electrons. The molecule has 0 bridgehead atoms. The van der Waals surface area contributed by atoms with Crippen LogP contribution in [0.2, 0.25) is 0 Å².